The summed E-state index contributed by atoms with van der Waals surface area (Å²) in [6, 6.07) is 1.45. The Morgan fingerprint density at radius 1 is 0.646 bits per heavy atom. The summed E-state index contributed by atoms with van der Waals surface area (Å²) in [4.78, 5) is 0. The Labute approximate surface area is 296 Å². The highest BCUT2D eigenvalue weighted by Gasteiger charge is 2.42. The molecule has 5 unspecified atom stereocenters. The molecule has 2 saturated carbocycles. The minimum absolute atomic E-state index is 0.402. The molecule has 2 fully saturated rings. The van der Waals surface area contributed by atoms with Crippen LogP contribution in [0.15, 0.2) is 69.9 Å². The van der Waals surface area contributed by atoms with E-state index in [9.17, 15) is 0 Å². The number of hydrogen-bond donors (Lipinski definition) is 1. The highest BCUT2D eigenvalue weighted by atomic mass is 15.0. The van der Waals surface area contributed by atoms with Crippen LogP contribution in [0.25, 0.3) is 0 Å². The Morgan fingerprint density at radius 3 is 2.04 bits per heavy atom. The summed E-state index contributed by atoms with van der Waals surface area (Å²) in [6.45, 7) is 12.3. The van der Waals surface area contributed by atoms with Crippen LogP contribution < -0.4 is 5.32 Å². The number of allylic oxidation sites excluding steroid dienone is 11. The van der Waals surface area contributed by atoms with Crippen molar-refractivity contribution in [2.45, 2.75) is 182 Å². The molecule has 0 spiro atoms. The Balaban J connectivity index is 0.892. The zero-order chi connectivity index (χ0) is 33.3. The van der Waals surface area contributed by atoms with Gasteiger partial charge in [0.15, 0.2) is 0 Å². The molecule has 5 atom stereocenters. The number of rotatable bonds is 11. The first-order valence-electron chi connectivity index (χ1n) is 21.3. The van der Waals surface area contributed by atoms with Crippen molar-refractivity contribution in [1.82, 2.24) is 5.32 Å². The van der Waals surface area contributed by atoms with Gasteiger partial charge < -0.3 is 5.32 Å². The molecule has 1 nitrogen and oxygen atoms in total. The lowest BCUT2D eigenvalue weighted by Gasteiger charge is -2.46. The van der Waals surface area contributed by atoms with E-state index in [2.05, 4.69) is 76.4 Å². The Bertz CT molecular complexity index is 1330. The van der Waals surface area contributed by atoms with E-state index in [0.717, 1.165) is 35.6 Å². The molecule has 0 aromatic rings. The van der Waals surface area contributed by atoms with Crippen molar-refractivity contribution < 1.29 is 0 Å². The topological polar surface area (TPSA) is 12.0 Å². The van der Waals surface area contributed by atoms with Gasteiger partial charge in [-0.25, -0.2) is 0 Å². The fourth-order valence-electron chi connectivity index (χ4n) is 12.3. The zero-order valence-electron chi connectivity index (χ0n) is 31.9. The summed E-state index contributed by atoms with van der Waals surface area (Å²) in [5.74, 6) is 4.26. The fourth-order valence-corrected chi connectivity index (χ4v) is 12.3. The smallest absolute Gasteiger partial charge is 0.0107 e. The van der Waals surface area contributed by atoms with Crippen LogP contribution in [0.3, 0.4) is 0 Å². The van der Waals surface area contributed by atoms with E-state index in [1.54, 1.807) is 22.3 Å². The first-order valence-corrected chi connectivity index (χ1v) is 21.3. The lowest BCUT2D eigenvalue weighted by Crippen LogP contribution is -2.41. The van der Waals surface area contributed by atoms with E-state index in [-0.39, 0.29) is 0 Å². The minimum Gasteiger partial charge on any atom is -0.311 e. The Hall–Kier alpha value is -1.60. The van der Waals surface area contributed by atoms with Crippen molar-refractivity contribution in [3.05, 3.63) is 69.9 Å². The molecule has 1 heteroatoms. The third kappa shape index (κ3) is 6.74. The van der Waals surface area contributed by atoms with Crippen molar-refractivity contribution in [3.8, 4) is 0 Å². The molecule has 264 valence electrons. The van der Waals surface area contributed by atoms with Gasteiger partial charge in [-0.15, -0.1) is 0 Å². The maximum atomic E-state index is 4.17. The molecule has 0 saturated heterocycles. The molecular weight excluding hydrogens is 579 g/mol. The van der Waals surface area contributed by atoms with Crippen molar-refractivity contribution in [3.63, 3.8) is 0 Å². The Morgan fingerprint density at radius 2 is 1.44 bits per heavy atom. The van der Waals surface area contributed by atoms with E-state index < -0.39 is 0 Å². The third-order valence-electron chi connectivity index (χ3n) is 16.3. The predicted molar refractivity (Wildman–Crippen MR) is 207 cm³/mol. The molecule has 0 aromatic carbocycles. The molecule has 0 heterocycles. The number of nitrogens with one attached hydrogen (secondary N) is 1. The molecule has 0 bridgehead atoms. The third-order valence-corrected chi connectivity index (χ3v) is 16.3. The van der Waals surface area contributed by atoms with Gasteiger partial charge in [0.05, 0.1) is 0 Å². The molecule has 0 radical (unpaired) electrons. The SMILES string of the molecule is CCC(C)(CC)C1=CCC(C(CC)(CC)C2=CC=C(C3CCC(NC4CC=C(C5CCC6C=CC7=C(CC7)C6C5)CC4)CC3)CC2)CC1. The number of hydrogen-bond acceptors (Lipinski definition) is 1. The van der Waals surface area contributed by atoms with Gasteiger partial charge in [-0.3, -0.25) is 0 Å². The summed E-state index contributed by atoms with van der Waals surface area (Å²) in [5.41, 5.74) is 11.6. The second-order valence-electron chi connectivity index (χ2n) is 17.9. The first kappa shape index (κ1) is 34.8. The molecule has 7 aliphatic carbocycles. The predicted octanol–water partition coefficient (Wildman–Crippen LogP) is 13.3. The number of fused-ring (bicyclic) bond motifs is 2. The van der Waals surface area contributed by atoms with Crippen LogP contribution in [0.5, 0.6) is 0 Å². The van der Waals surface area contributed by atoms with Gasteiger partial charge >= 0.3 is 0 Å². The van der Waals surface area contributed by atoms with Crippen LogP contribution in [0.1, 0.15) is 169 Å². The summed E-state index contributed by atoms with van der Waals surface area (Å²) < 4.78 is 0. The lowest BCUT2D eigenvalue weighted by molar-refractivity contribution is 0.163. The molecule has 0 aliphatic heterocycles. The van der Waals surface area contributed by atoms with Crippen LogP contribution in [-0.2, 0) is 0 Å². The first-order chi connectivity index (χ1) is 23.4. The molecule has 7 aliphatic rings. The molecular formula is C47H71N. The van der Waals surface area contributed by atoms with Crippen molar-refractivity contribution in [2.75, 3.05) is 0 Å². The van der Waals surface area contributed by atoms with E-state index in [1.807, 2.05) is 11.1 Å². The van der Waals surface area contributed by atoms with E-state index in [1.165, 1.54) is 135 Å². The fraction of sp³-hybridized carbons (Fsp3) is 0.745. The zero-order valence-corrected chi connectivity index (χ0v) is 31.9. The highest BCUT2D eigenvalue weighted by Crippen LogP contribution is 2.54. The van der Waals surface area contributed by atoms with Crippen LogP contribution in [0.4, 0.5) is 0 Å². The van der Waals surface area contributed by atoms with Crippen LogP contribution >= 0.6 is 0 Å². The maximum Gasteiger partial charge on any atom is 0.0107 e. The van der Waals surface area contributed by atoms with E-state index in [0.29, 0.717) is 16.9 Å². The minimum atomic E-state index is 0.402. The van der Waals surface area contributed by atoms with Crippen LogP contribution in [0.2, 0.25) is 0 Å². The quantitative estimate of drug-likeness (QED) is 0.220. The summed E-state index contributed by atoms with van der Waals surface area (Å²) in [6.07, 6.45) is 44.1. The maximum absolute atomic E-state index is 4.17. The molecule has 0 amide bonds. The largest absolute Gasteiger partial charge is 0.311 e. The van der Waals surface area contributed by atoms with Crippen LogP contribution in [0, 0.1) is 40.4 Å². The second kappa shape index (κ2) is 14.9. The Kier molecular flexibility index (Phi) is 10.8. The van der Waals surface area contributed by atoms with Crippen molar-refractivity contribution in [1.29, 1.82) is 0 Å². The normalized spacial score (nSPS) is 34.3. The molecule has 48 heavy (non-hydrogen) atoms. The second-order valence-corrected chi connectivity index (χ2v) is 17.9. The summed E-state index contributed by atoms with van der Waals surface area (Å²) in [7, 11) is 0. The average Bonchev–Trinajstić information content (AvgIpc) is 3.13. The van der Waals surface area contributed by atoms with Gasteiger partial charge in [0.2, 0.25) is 0 Å². The summed E-state index contributed by atoms with van der Waals surface area (Å²) in [5, 5.41) is 4.17. The standard InChI is InChI=1S/C47H71N/c1-6-46(5,7-2)39-23-25-41(26-24-39)47(8-3,9-4)40-21-14-33(15-22-40)34-16-27-42(28-17-34)48-43-29-18-35(19-30-43)38-13-12-37-11-10-36-20-31-44(36)45(37)32-38/h10-11,14,18,21,23,34,37-38,41-43,45,48H,6-9,12-13,15-17,19-20,22,24-32H2,1-5H3. The van der Waals surface area contributed by atoms with Gasteiger partial charge in [-0.2, -0.15) is 0 Å². The monoisotopic (exact) mass is 650 g/mol. The van der Waals surface area contributed by atoms with Gasteiger partial charge in [-0.05, 0) is 181 Å². The lowest BCUT2D eigenvalue weighted by atomic mass is 9.59. The van der Waals surface area contributed by atoms with E-state index >= 15 is 0 Å². The van der Waals surface area contributed by atoms with Gasteiger partial charge in [-0.1, -0.05) is 98.9 Å². The average molecular weight is 650 g/mol. The molecule has 7 rings (SSSR count). The molecule has 0 aromatic heterocycles. The van der Waals surface area contributed by atoms with Gasteiger partial charge in [0.25, 0.3) is 0 Å². The summed E-state index contributed by atoms with van der Waals surface area (Å²) >= 11 is 0. The van der Waals surface area contributed by atoms with Crippen molar-refractivity contribution in [2.24, 2.45) is 40.4 Å². The highest BCUT2D eigenvalue weighted by molar-refractivity contribution is 5.40. The van der Waals surface area contributed by atoms with E-state index in [4.69, 9.17) is 0 Å². The van der Waals surface area contributed by atoms with Crippen molar-refractivity contribution >= 4 is 0 Å². The van der Waals surface area contributed by atoms with Crippen LogP contribution in [-0.4, -0.2) is 12.1 Å². The van der Waals surface area contributed by atoms with Gasteiger partial charge in [0, 0.05) is 12.1 Å². The molecule has 1 N–H and O–H groups in total. The van der Waals surface area contributed by atoms with Gasteiger partial charge in [0.1, 0.15) is 0 Å².